The fourth-order valence-corrected chi connectivity index (χ4v) is 4.31. The van der Waals surface area contributed by atoms with Gasteiger partial charge in [-0.2, -0.15) is 0 Å². The van der Waals surface area contributed by atoms with Crippen molar-refractivity contribution in [3.63, 3.8) is 0 Å². The van der Waals surface area contributed by atoms with Crippen molar-refractivity contribution in [1.29, 1.82) is 0 Å². The molecule has 1 amide bonds. The highest BCUT2D eigenvalue weighted by atomic mass is 35.5. The van der Waals surface area contributed by atoms with E-state index in [1.807, 2.05) is 12.1 Å². The molecular weight excluding hydrogens is 336 g/mol. The maximum absolute atomic E-state index is 12.9. The zero-order valence-electron chi connectivity index (χ0n) is 15.4. The lowest BCUT2D eigenvalue weighted by Gasteiger charge is -2.42. The predicted molar refractivity (Wildman–Crippen MR) is 103 cm³/mol. The van der Waals surface area contributed by atoms with E-state index in [0.717, 1.165) is 57.4 Å². The first-order chi connectivity index (χ1) is 11.5. The number of halogens is 1. The number of likely N-dealkylation sites (tertiary alicyclic amines) is 1. The Balaban J connectivity index is 0.00000225. The van der Waals surface area contributed by atoms with Crippen molar-refractivity contribution >= 4 is 18.3 Å². The number of rotatable bonds is 3. The number of ether oxygens (including phenoxy) is 1. The molecule has 2 aliphatic rings. The van der Waals surface area contributed by atoms with Gasteiger partial charge >= 0.3 is 0 Å². The summed E-state index contributed by atoms with van der Waals surface area (Å²) in [5.74, 6) is 1.70. The van der Waals surface area contributed by atoms with Crippen LogP contribution in [0.4, 0.5) is 0 Å². The molecular formula is C20H31ClN2O2. The van der Waals surface area contributed by atoms with Gasteiger partial charge in [0.2, 0.25) is 5.91 Å². The molecule has 25 heavy (non-hydrogen) atoms. The molecule has 1 aliphatic heterocycles. The van der Waals surface area contributed by atoms with E-state index in [1.54, 1.807) is 7.11 Å². The lowest BCUT2D eigenvalue weighted by molar-refractivity contribution is -0.140. The van der Waals surface area contributed by atoms with Gasteiger partial charge in [-0.1, -0.05) is 25.0 Å². The van der Waals surface area contributed by atoms with Crippen LogP contribution in [0.5, 0.6) is 5.75 Å². The van der Waals surface area contributed by atoms with Gasteiger partial charge in [-0.25, -0.2) is 0 Å². The SMILES string of the molecule is COc1cccc(C2CCN(C(=O)C3CCCCC3(C)N)CC2)c1.Cl. The number of methoxy groups -OCH3 is 1. The van der Waals surface area contributed by atoms with Crippen LogP contribution in [0.1, 0.15) is 56.9 Å². The molecule has 1 aromatic rings. The van der Waals surface area contributed by atoms with Crippen molar-refractivity contribution < 1.29 is 9.53 Å². The first-order valence-electron chi connectivity index (χ1n) is 9.23. The second-order valence-corrected chi connectivity index (χ2v) is 7.68. The Morgan fingerprint density at radius 1 is 1.24 bits per heavy atom. The minimum Gasteiger partial charge on any atom is -0.497 e. The largest absolute Gasteiger partial charge is 0.497 e. The average Bonchev–Trinajstić information content (AvgIpc) is 2.61. The van der Waals surface area contributed by atoms with Gasteiger partial charge in [0.15, 0.2) is 0 Å². The Labute approximate surface area is 157 Å². The van der Waals surface area contributed by atoms with Crippen LogP contribution in [-0.4, -0.2) is 36.5 Å². The fourth-order valence-electron chi connectivity index (χ4n) is 4.31. The van der Waals surface area contributed by atoms with Gasteiger partial charge in [-0.15, -0.1) is 12.4 Å². The molecule has 2 unspecified atom stereocenters. The number of benzene rings is 1. The number of carbonyl (C=O) groups excluding carboxylic acids is 1. The zero-order valence-corrected chi connectivity index (χ0v) is 16.2. The van der Waals surface area contributed by atoms with Crippen LogP contribution >= 0.6 is 12.4 Å². The third-order valence-corrected chi connectivity index (χ3v) is 5.92. The third kappa shape index (κ3) is 4.48. The normalized spacial score (nSPS) is 27.5. The van der Waals surface area contributed by atoms with E-state index in [1.165, 1.54) is 5.56 Å². The Hall–Kier alpha value is -1.26. The summed E-state index contributed by atoms with van der Waals surface area (Å²) in [5.41, 5.74) is 7.41. The molecule has 3 rings (SSSR count). The van der Waals surface area contributed by atoms with Crippen LogP contribution in [-0.2, 0) is 4.79 Å². The molecule has 2 N–H and O–H groups in total. The van der Waals surface area contributed by atoms with Crippen LogP contribution in [0.25, 0.3) is 0 Å². The standard InChI is InChI=1S/C20H30N2O2.ClH/c1-20(21)11-4-3-8-18(20)19(23)22-12-9-15(10-13-22)16-6-5-7-17(14-16)24-2;/h5-7,14-15,18H,3-4,8-13,21H2,1-2H3;1H. The lowest BCUT2D eigenvalue weighted by Crippen LogP contribution is -2.54. The maximum atomic E-state index is 12.9. The molecule has 1 saturated heterocycles. The number of amides is 1. The number of hydrogen-bond donors (Lipinski definition) is 1. The van der Waals surface area contributed by atoms with E-state index in [0.29, 0.717) is 5.92 Å². The molecule has 0 radical (unpaired) electrons. The summed E-state index contributed by atoms with van der Waals surface area (Å²) in [6, 6.07) is 8.32. The molecule has 5 heteroatoms. The quantitative estimate of drug-likeness (QED) is 0.886. The summed E-state index contributed by atoms with van der Waals surface area (Å²) in [6.07, 6.45) is 6.23. The molecule has 0 spiro atoms. The van der Waals surface area contributed by atoms with Crippen LogP contribution in [0, 0.1) is 5.92 Å². The molecule has 0 bridgehead atoms. The number of carbonyl (C=O) groups is 1. The molecule has 1 aromatic carbocycles. The van der Waals surface area contributed by atoms with Crippen molar-refractivity contribution in [2.75, 3.05) is 20.2 Å². The maximum Gasteiger partial charge on any atom is 0.227 e. The van der Waals surface area contributed by atoms with Gasteiger partial charge in [-0.05, 0) is 56.2 Å². The van der Waals surface area contributed by atoms with Gasteiger partial charge in [0, 0.05) is 18.6 Å². The van der Waals surface area contributed by atoms with E-state index in [9.17, 15) is 4.79 Å². The molecule has 2 atom stereocenters. The highest BCUT2D eigenvalue weighted by Crippen LogP contribution is 2.35. The van der Waals surface area contributed by atoms with Gasteiger partial charge in [-0.3, -0.25) is 4.79 Å². The number of piperidine rings is 1. The van der Waals surface area contributed by atoms with Crippen molar-refractivity contribution in [2.45, 2.75) is 56.9 Å². The Morgan fingerprint density at radius 2 is 1.96 bits per heavy atom. The summed E-state index contributed by atoms with van der Waals surface area (Å²) in [5, 5.41) is 0. The average molecular weight is 367 g/mol. The molecule has 1 heterocycles. The number of hydrogen-bond acceptors (Lipinski definition) is 3. The zero-order chi connectivity index (χ0) is 17.2. The fraction of sp³-hybridized carbons (Fsp3) is 0.650. The van der Waals surface area contributed by atoms with Gasteiger partial charge < -0.3 is 15.4 Å². The molecule has 1 saturated carbocycles. The van der Waals surface area contributed by atoms with E-state index in [-0.39, 0.29) is 29.8 Å². The van der Waals surface area contributed by atoms with Crippen LogP contribution in [0.2, 0.25) is 0 Å². The number of nitrogens with zero attached hydrogens (tertiary/aromatic N) is 1. The summed E-state index contributed by atoms with van der Waals surface area (Å²) in [7, 11) is 1.70. The summed E-state index contributed by atoms with van der Waals surface area (Å²) < 4.78 is 5.33. The Kier molecular flexibility index (Phi) is 6.75. The highest BCUT2D eigenvalue weighted by Gasteiger charge is 2.40. The Morgan fingerprint density at radius 3 is 2.60 bits per heavy atom. The van der Waals surface area contributed by atoms with E-state index in [4.69, 9.17) is 10.5 Å². The number of nitrogens with two attached hydrogens (primary N) is 1. The van der Waals surface area contributed by atoms with E-state index < -0.39 is 0 Å². The molecule has 2 fully saturated rings. The van der Waals surface area contributed by atoms with Crippen molar-refractivity contribution in [2.24, 2.45) is 11.7 Å². The Bertz CT molecular complexity index is 583. The highest BCUT2D eigenvalue weighted by molar-refractivity contribution is 5.85. The second kappa shape index (κ2) is 8.41. The van der Waals surface area contributed by atoms with E-state index in [2.05, 4.69) is 24.0 Å². The van der Waals surface area contributed by atoms with Gasteiger partial charge in [0.05, 0.1) is 13.0 Å². The van der Waals surface area contributed by atoms with Crippen molar-refractivity contribution in [3.8, 4) is 5.75 Å². The third-order valence-electron chi connectivity index (χ3n) is 5.92. The topological polar surface area (TPSA) is 55.6 Å². The first kappa shape index (κ1) is 20.1. The molecule has 1 aliphatic carbocycles. The van der Waals surface area contributed by atoms with Crippen molar-refractivity contribution in [1.82, 2.24) is 4.90 Å². The summed E-state index contributed by atoms with van der Waals surface area (Å²) in [6.45, 7) is 3.73. The first-order valence-corrected chi connectivity index (χ1v) is 9.23. The minimum atomic E-state index is -0.334. The van der Waals surface area contributed by atoms with Gasteiger partial charge in [0.1, 0.15) is 5.75 Å². The molecule has 4 nitrogen and oxygen atoms in total. The van der Waals surface area contributed by atoms with Gasteiger partial charge in [0.25, 0.3) is 0 Å². The van der Waals surface area contributed by atoms with E-state index >= 15 is 0 Å². The summed E-state index contributed by atoms with van der Waals surface area (Å²) in [4.78, 5) is 15.0. The van der Waals surface area contributed by atoms with Crippen LogP contribution in [0.15, 0.2) is 24.3 Å². The smallest absolute Gasteiger partial charge is 0.227 e. The van der Waals surface area contributed by atoms with Crippen molar-refractivity contribution in [3.05, 3.63) is 29.8 Å². The predicted octanol–water partition coefficient (Wildman–Crippen LogP) is 3.73. The van der Waals surface area contributed by atoms with Crippen LogP contribution < -0.4 is 10.5 Å². The monoisotopic (exact) mass is 366 g/mol. The summed E-state index contributed by atoms with van der Waals surface area (Å²) >= 11 is 0. The van der Waals surface area contributed by atoms with Crippen LogP contribution in [0.3, 0.4) is 0 Å². The lowest BCUT2D eigenvalue weighted by atomic mass is 9.73. The molecule has 0 aromatic heterocycles. The second-order valence-electron chi connectivity index (χ2n) is 7.68. The molecule has 140 valence electrons. The minimum absolute atomic E-state index is 0.